The third kappa shape index (κ3) is 4.84. The first-order valence-electron chi connectivity index (χ1n) is 6.13. The maximum Gasteiger partial charge on any atom is 0.241 e. The van der Waals surface area contributed by atoms with Crippen molar-refractivity contribution in [2.75, 3.05) is 19.4 Å². The highest BCUT2D eigenvalue weighted by atomic mass is 32.2. The highest BCUT2D eigenvalue weighted by Gasteiger charge is 2.18. The smallest absolute Gasteiger partial charge is 0.241 e. The summed E-state index contributed by atoms with van der Waals surface area (Å²) in [5.41, 5.74) is 1.33. The normalized spacial score (nSPS) is 12.6. The Hall–Kier alpha value is -1.00. The molecule has 0 amide bonds. The third-order valence-electron chi connectivity index (χ3n) is 2.69. The van der Waals surface area contributed by atoms with Crippen molar-refractivity contribution in [1.29, 1.82) is 0 Å². The second kappa shape index (κ2) is 7.70. The first-order valence-corrected chi connectivity index (χ1v) is 8.90. The predicted molar refractivity (Wildman–Crippen MR) is 83.3 cm³/mol. The number of nitrogens with one attached hydrogen (secondary N) is 1. The largest absolute Gasteiger partial charge is 0.384 e. The monoisotopic (exact) mass is 313 g/mol. The Morgan fingerprint density at radius 1 is 1.45 bits per heavy atom. The van der Waals surface area contributed by atoms with Gasteiger partial charge in [-0.2, -0.15) is 11.8 Å². The zero-order chi connectivity index (χ0) is 15.2. The fraction of sp³-hybridized carbons (Fsp3) is 0.429. The standard InChI is InChI=1S/C14H19NO3S2/c1-11-6-7-14(13(9-11)5-4-8-16)20(17,18)15-10-12(2)19-3/h6-7,9,12,15-16H,8,10H2,1-3H3. The number of benzene rings is 1. The number of aliphatic hydroxyl groups excluding tert-OH is 1. The Morgan fingerprint density at radius 2 is 2.15 bits per heavy atom. The van der Waals surface area contributed by atoms with E-state index in [-0.39, 0.29) is 16.8 Å². The van der Waals surface area contributed by atoms with Gasteiger partial charge in [0.2, 0.25) is 10.0 Å². The van der Waals surface area contributed by atoms with Crippen LogP contribution in [0.1, 0.15) is 18.1 Å². The molecule has 6 heteroatoms. The van der Waals surface area contributed by atoms with E-state index in [2.05, 4.69) is 16.6 Å². The first-order chi connectivity index (χ1) is 9.40. The lowest BCUT2D eigenvalue weighted by Gasteiger charge is -2.12. The van der Waals surface area contributed by atoms with Gasteiger partial charge < -0.3 is 5.11 Å². The summed E-state index contributed by atoms with van der Waals surface area (Å²) in [6.07, 6.45) is 1.93. The van der Waals surface area contributed by atoms with Gasteiger partial charge in [-0.3, -0.25) is 0 Å². The molecule has 0 saturated heterocycles. The molecule has 1 aromatic rings. The zero-order valence-corrected chi connectivity index (χ0v) is 13.4. The minimum Gasteiger partial charge on any atom is -0.384 e. The second-order valence-electron chi connectivity index (χ2n) is 4.36. The molecule has 0 aromatic heterocycles. The van der Waals surface area contributed by atoms with E-state index in [4.69, 9.17) is 5.11 Å². The summed E-state index contributed by atoms with van der Waals surface area (Å²) in [4.78, 5) is 0.150. The van der Waals surface area contributed by atoms with Crippen molar-refractivity contribution in [2.45, 2.75) is 24.0 Å². The lowest BCUT2D eigenvalue weighted by Crippen LogP contribution is -2.30. The summed E-state index contributed by atoms with van der Waals surface area (Å²) in [5.74, 6) is 5.18. The Bertz CT molecular complexity index is 615. The molecule has 110 valence electrons. The molecule has 4 nitrogen and oxygen atoms in total. The minimum atomic E-state index is -3.59. The van der Waals surface area contributed by atoms with E-state index < -0.39 is 10.0 Å². The van der Waals surface area contributed by atoms with Gasteiger partial charge in [0.25, 0.3) is 0 Å². The predicted octanol–water partition coefficient (Wildman–Crippen LogP) is 1.37. The number of rotatable bonds is 5. The number of thioether (sulfide) groups is 1. The lowest BCUT2D eigenvalue weighted by molar-refractivity contribution is 0.350. The van der Waals surface area contributed by atoms with Crippen LogP contribution >= 0.6 is 11.8 Å². The quantitative estimate of drug-likeness (QED) is 0.806. The summed E-state index contributed by atoms with van der Waals surface area (Å²) in [7, 11) is -3.59. The fourth-order valence-corrected chi connectivity index (χ4v) is 3.13. The van der Waals surface area contributed by atoms with Gasteiger partial charge in [-0.1, -0.05) is 24.8 Å². The average molecular weight is 313 g/mol. The number of hydrogen-bond donors (Lipinski definition) is 2. The molecule has 0 aliphatic carbocycles. The van der Waals surface area contributed by atoms with Crippen LogP contribution in [0.4, 0.5) is 0 Å². The lowest BCUT2D eigenvalue weighted by atomic mass is 10.1. The van der Waals surface area contributed by atoms with E-state index >= 15 is 0 Å². The molecule has 0 spiro atoms. The maximum absolute atomic E-state index is 12.3. The number of aryl methyl sites for hydroxylation is 1. The van der Waals surface area contributed by atoms with Crippen molar-refractivity contribution in [2.24, 2.45) is 0 Å². The topological polar surface area (TPSA) is 66.4 Å². The minimum absolute atomic E-state index is 0.150. The number of hydrogen-bond acceptors (Lipinski definition) is 4. The summed E-state index contributed by atoms with van der Waals surface area (Å²) in [6.45, 7) is 3.88. The molecule has 0 fully saturated rings. The Morgan fingerprint density at radius 3 is 2.75 bits per heavy atom. The molecule has 0 bridgehead atoms. The van der Waals surface area contributed by atoms with Gasteiger partial charge in [-0.05, 0) is 30.9 Å². The first kappa shape index (κ1) is 17.1. The van der Waals surface area contributed by atoms with E-state index in [1.165, 1.54) is 0 Å². The van der Waals surface area contributed by atoms with Crippen LogP contribution in [0.2, 0.25) is 0 Å². The van der Waals surface area contributed by atoms with Crippen LogP contribution in [-0.4, -0.2) is 38.2 Å². The van der Waals surface area contributed by atoms with Gasteiger partial charge in [0.1, 0.15) is 6.61 Å². The average Bonchev–Trinajstić information content (AvgIpc) is 2.42. The van der Waals surface area contributed by atoms with Gasteiger partial charge in [0.15, 0.2) is 0 Å². The molecule has 2 N–H and O–H groups in total. The molecular formula is C14H19NO3S2. The van der Waals surface area contributed by atoms with Gasteiger partial charge in [-0.15, -0.1) is 0 Å². The highest BCUT2D eigenvalue weighted by molar-refractivity contribution is 7.99. The fourth-order valence-electron chi connectivity index (χ4n) is 1.50. The van der Waals surface area contributed by atoms with Gasteiger partial charge >= 0.3 is 0 Å². The molecule has 1 unspecified atom stereocenters. The van der Waals surface area contributed by atoms with Crippen molar-refractivity contribution >= 4 is 21.8 Å². The molecule has 0 radical (unpaired) electrons. The molecule has 20 heavy (non-hydrogen) atoms. The third-order valence-corrected chi connectivity index (χ3v) is 5.14. The number of sulfonamides is 1. The second-order valence-corrected chi connectivity index (χ2v) is 7.37. The summed E-state index contributed by atoms with van der Waals surface area (Å²) >= 11 is 1.59. The van der Waals surface area contributed by atoms with E-state index in [1.807, 2.05) is 20.1 Å². The van der Waals surface area contributed by atoms with Crippen LogP contribution in [0.15, 0.2) is 23.1 Å². The van der Waals surface area contributed by atoms with Crippen LogP contribution in [0.3, 0.4) is 0 Å². The molecule has 1 rings (SSSR count). The van der Waals surface area contributed by atoms with E-state index in [1.54, 1.807) is 30.0 Å². The highest BCUT2D eigenvalue weighted by Crippen LogP contribution is 2.17. The van der Waals surface area contributed by atoms with Gasteiger partial charge in [0, 0.05) is 17.4 Å². The van der Waals surface area contributed by atoms with Crippen molar-refractivity contribution in [3.63, 3.8) is 0 Å². The molecule has 0 saturated carbocycles. The Kier molecular flexibility index (Phi) is 6.56. The summed E-state index contributed by atoms with van der Waals surface area (Å²) < 4.78 is 27.2. The Labute approximate surface area is 125 Å². The van der Waals surface area contributed by atoms with Crippen LogP contribution in [-0.2, 0) is 10.0 Å². The number of aliphatic hydroxyl groups is 1. The van der Waals surface area contributed by atoms with Crippen molar-refractivity contribution in [1.82, 2.24) is 4.72 Å². The SMILES string of the molecule is CSC(C)CNS(=O)(=O)c1ccc(C)cc1C#CCO. The molecule has 1 aromatic carbocycles. The zero-order valence-electron chi connectivity index (χ0n) is 11.8. The van der Waals surface area contributed by atoms with Crippen molar-refractivity contribution in [3.05, 3.63) is 29.3 Å². The molecule has 0 aliphatic rings. The van der Waals surface area contributed by atoms with E-state index in [0.717, 1.165) is 5.56 Å². The van der Waals surface area contributed by atoms with E-state index in [0.29, 0.717) is 12.1 Å². The summed E-state index contributed by atoms with van der Waals surface area (Å²) in [5, 5.41) is 8.95. The maximum atomic E-state index is 12.3. The molecule has 0 heterocycles. The van der Waals surface area contributed by atoms with Gasteiger partial charge in [0.05, 0.1) is 4.90 Å². The summed E-state index contributed by atoms with van der Waals surface area (Å²) in [6, 6.07) is 4.98. The van der Waals surface area contributed by atoms with Crippen LogP contribution in [0, 0.1) is 18.8 Å². The molecule has 1 atom stereocenters. The van der Waals surface area contributed by atoms with E-state index in [9.17, 15) is 8.42 Å². The Balaban J connectivity index is 3.11. The van der Waals surface area contributed by atoms with Crippen LogP contribution in [0.25, 0.3) is 0 Å². The van der Waals surface area contributed by atoms with Gasteiger partial charge in [-0.25, -0.2) is 13.1 Å². The molecular weight excluding hydrogens is 294 g/mol. The molecule has 0 aliphatic heterocycles. The van der Waals surface area contributed by atoms with Crippen LogP contribution in [0.5, 0.6) is 0 Å². The van der Waals surface area contributed by atoms with Crippen molar-refractivity contribution in [3.8, 4) is 11.8 Å². The van der Waals surface area contributed by atoms with Crippen molar-refractivity contribution < 1.29 is 13.5 Å². The van der Waals surface area contributed by atoms with Crippen LogP contribution < -0.4 is 4.72 Å².